The van der Waals surface area contributed by atoms with Gasteiger partial charge in [0.25, 0.3) is 11.7 Å². The van der Waals surface area contributed by atoms with Crippen LogP contribution in [0.5, 0.6) is 11.5 Å². The molecule has 0 aliphatic carbocycles. The van der Waals surface area contributed by atoms with Gasteiger partial charge in [-0.3, -0.25) is 14.5 Å². The number of nitrogens with zero attached hydrogens (tertiary/aromatic N) is 1. The van der Waals surface area contributed by atoms with E-state index in [4.69, 9.17) is 21.1 Å². The van der Waals surface area contributed by atoms with E-state index in [1.807, 2.05) is 44.2 Å². The van der Waals surface area contributed by atoms with Crippen LogP contribution in [-0.2, 0) is 9.59 Å². The minimum absolute atomic E-state index is 0.00897. The molecule has 0 bridgehead atoms. The van der Waals surface area contributed by atoms with Gasteiger partial charge in [-0.15, -0.1) is 0 Å². The monoisotopic (exact) mass is 477 g/mol. The Hall–Kier alpha value is -3.77. The number of Topliss-reactive ketones (excluding diaryl/α,β-unsaturated/α-hetero) is 1. The summed E-state index contributed by atoms with van der Waals surface area (Å²) in [5.74, 6) is -0.805. The summed E-state index contributed by atoms with van der Waals surface area (Å²) in [5, 5.41) is 11.6. The molecule has 1 aliphatic rings. The highest BCUT2D eigenvalue weighted by atomic mass is 35.5. The Labute approximate surface area is 203 Å². The lowest BCUT2D eigenvalue weighted by atomic mass is 9.95. The van der Waals surface area contributed by atoms with Gasteiger partial charge in [0, 0.05) is 22.3 Å². The molecule has 3 aromatic rings. The van der Waals surface area contributed by atoms with Gasteiger partial charge in [-0.1, -0.05) is 54.1 Å². The van der Waals surface area contributed by atoms with E-state index in [0.717, 1.165) is 0 Å². The van der Waals surface area contributed by atoms with Gasteiger partial charge in [0.15, 0.2) is 11.5 Å². The molecular weight excluding hydrogens is 454 g/mol. The number of benzene rings is 3. The zero-order valence-corrected chi connectivity index (χ0v) is 19.6. The van der Waals surface area contributed by atoms with Crippen molar-refractivity contribution in [1.29, 1.82) is 0 Å². The maximum atomic E-state index is 13.3. The minimum Gasteiger partial charge on any atom is -0.507 e. The van der Waals surface area contributed by atoms with Gasteiger partial charge in [0.1, 0.15) is 5.76 Å². The van der Waals surface area contributed by atoms with Gasteiger partial charge in [-0.05, 0) is 43.7 Å². The van der Waals surface area contributed by atoms with Crippen LogP contribution in [0.1, 0.15) is 31.0 Å². The Balaban J connectivity index is 1.91. The first-order valence-corrected chi connectivity index (χ1v) is 11.4. The lowest BCUT2D eigenvalue weighted by Crippen LogP contribution is -2.29. The molecule has 6 nitrogen and oxygen atoms in total. The smallest absolute Gasteiger partial charge is 0.300 e. The van der Waals surface area contributed by atoms with Gasteiger partial charge in [0.2, 0.25) is 0 Å². The number of ether oxygens (including phenoxy) is 2. The topological polar surface area (TPSA) is 76.1 Å². The molecule has 7 heteroatoms. The van der Waals surface area contributed by atoms with E-state index in [2.05, 4.69) is 0 Å². The van der Waals surface area contributed by atoms with Crippen molar-refractivity contribution in [1.82, 2.24) is 0 Å². The Morgan fingerprint density at radius 1 is 0.912 bits per heavy atom. The van der Waals surface area contributed by atoms with Gasteiger partial charge in [-0.2, -0.15) is 0 Å². The second kappa shape index (κ2) is 10.0. The van der Waals surface area contributed by atoms with Crippen molar-refractivity contribution in [2.75, 3.05) is 18.1 Å². The van der Waals surface area contributed by atoms with Crippen molar-refractivity contribution >= 4 is 34.7 Å². The molecule has 1 aliphatic heterocycles. The number of hydrogen-bond acceptors (Lipinski definition) is 5. The average molecular weight is 478 g/mol. The number of hydrogen-bond donors (Lipinski definition) is 1. The van der Waals surface area contributed by atoms with Gasteiger partial charge < -0.3 is 14.6 Å². The fraction of sp³-hybridized carbons (Fsp3) is 0.185. The Kier molecular flexibility index (Phi) is 6.89. The predicted octanol–water partition coefficient (Wildman–Crippen LogP) is 5.76. The summed E-state index contributed by atoms with van der Waals surface area (Å²) in [4.78, 5) is 28.0. The molecule has 0 spiro atoms. The first kappa shape index (κ1) is 23.4. The molecule has 1 atom stereocenters. The van der Waals surface area contributed by atoms with Crippen LogP contribution < -0.4 is 14.4 Å². The second-order valence-electron chi connectivity index (χ2n) is 7.59. The number of rotatable bonds is 7. The van der Waals surface area contributed by atoms with Gasteiger partial charge in [0.05, 0.1) is 24.8 Å². The van der Waals surface area contributed by atoms with Crippen molar-refractivity contribution in [2.45, 2.75) is 19.9 Å². The van der Waals surface area contributed by atoms with Gasteiger partial charge in [-0.25, -0.2) is 0 Å². The molecule has 0 saturated carbocycles. The number of anilines is 1. The molecule has 174 valence electrons. The van der Waals surface area contributed by atoms with Gasteiger partial charge >= 0.3 is 0 Å². The lowest BCUT2D eigenvalue weighted by Gasteiger charge is -2.26. The molecule has 4 rings (SSSR count). The standard InChI is InChI=1S/C27H24ClNO5/c1-3-33-21-14-13-20(16-22(21)34-4-2)29-24(17-9-6-5-7-10-17)23(26(31)27(29)32)25(30)18-11-8-12-19(28)15-18/h5-16,24,30H,3-4H2,1-2H3/b25-23+. The van der Waals surface area contributed by atoms with E-state index in [1.165, 1.54) is 4.90 Å². The second-order valence-corrected chi connectivity index (χ2v) is 8.02. The van der Waals surface area contributed by atoms with Crippen molar-refractivity contribution < 1.29 is 24.2 Å². The number of aliphatic hydroxyl groups excluding tert-OH is 1. The number of ketones is 1. The van der Waals surface area contributed by atoms with Crippen molar-refractivity contribution in [3.8, 4) is 11.5 Å². The first-order chi connectivity index (χ1) is 16.5. The molecule has 34 heavy (non-hydrogen) atoms. The fourth-order valence-corrected chi connectivity index (χ4v) is 4.22. The van der Waals surface area contributed by atoms with Crippen LogP contribution in [0.25, 0.3) is 5.76 Å². The maximum Gasteiger partial charge on any atom is 0.300 e. The summed E-state index contributed by atoms with van der Waals surface area (Å²) in [5.41, 5.74) is 1.48. The number of aliphatic hydroxyl groups is 1. The minimum atomic E-state index is -0.840. The number of carbonyl (C=O) groups excluding carboxylic acids is 2. The van der Waals surface area contributed by atoms with E-state index >= 15 is 0 Å². The van der Waals surface area contributed by atoms with Crippen LogP contribution in [0.2, 0.25) is 5.02 Å². The highest BCUT2D eigenvalue weighted by Gasteiger charge is 2.47. The molecule has 0 radical (unpaired) electrons. The van der Waals surface area contributed by atoms with E-state index < -0.39 is 17.7 Å². The van der Waals surface area contributed by atoms with Crippen LogP contribution in [0.15, 0.2) is 78.4 Å². The summed E-state index contributed by atoms with van der Waals surface area (Å²) >= 11 is 6.10. The third kappa shape index (κ3) is 4.37. The highest BCUT2D eigenvalue weighted by Crippen LogP contribution is 2.44. The maximum absolute atomic E-state index is 13.3. The van der Waals surface area contributed by atoms with Crippen LogP contribution in [0.4, 0.5) is 5.69 Å². The van der Waals surface area contributed by atoms with Crippen LogP contribution in [0, 0.1) is 0 Å². The number of carbonyl (C=O) groups is 2. The quantitative estimate of drug-likeness (QED) is 0.266. The zero-order chi connectivity index (χ0) is 24.2. The first-order valence-electron chi connectivity index (χ1n) is 11.0. The van der Waals surface area contributed by atoms with E-state index in [0.29, 0.717) is 46.5 Å². The van der Waals surface area contributed by atoms with Crippen molar-refractivity contribution in [3.05, 3.63) is 94.5 Å². The Bertz CT molecular complexity index is 1250. The molecule has 1 fully saturated rings. The SMILES string of the molecule is CCOc1ccc(N2C(=O)C(=O)/C(=C(/O)c3cccc(Cl)c3)C2c2ccccc2)cc1OCC. The van der Waals surface area contributed by atoms with Crippen molar-refractivity contribution in [2.24, 2.45) is 0 Å². The third-order valence-corrected chi connectivity index (χ3v) is 5.70. The summed E-state index contributed by atoms with van der Waals surface area (Å²) in [7, 11) is 0. The summed E-state index contributed by atoms with van der Waals surface area (Å²) in [6.45, 7) is 4.57. The molecule has 1 unspecified atom stereocenters. The average Bonchev–Trinajstić information content (AvgIpc) is 3.11. The highest BCUT2D eigenvalue weighted by molar-refractivity contribution is 6.51. The predicted molar refractivity (Wildman–Crippen MR) is 131 cm³/mol. The molecule has 1 amide bonds. The van der Waals surface area contributed by atoms with Crippen LogP contribution >= 0.6 is 11.6 Å². The Morgan fingerprint density at radius 3 is 2.29 bits per heavy atom. The summed E-state index contributed by atoms with van der Waals surface area (Å²) in [6.07, 6.45) is 0. The molecule has 3 aromatic carbocycles. The number of amides is 1. The van der Waals surface area contributed by atoms with Crippen LogP contribution in [-0.4, -0.2) is 30.0 Å². The lowest BCUT2D eigenvalue weighted by molar-refractivity contribution is -0.132. The van der Waals surface area contributed by atoms with Crippen LogP contribution in [0.3, 0.4) is 0 Å². The molecule has 1 heterocycles. The summed E-state index contributed by atoms with van der Waals surface area (Å²) < 4.78 is 11.4. The molecular formula is C27H24ClNO5. The molecule has 1 N–H and O–H groups in total. The normalized spacial score (nSPS) is 17.1. The molecule has 0 aromatic heterocycles. The third-order valence-electron chi connectivity index (χ3n) is 5.46. The fourth-order valence-electron chi connectivity index (χ4n) is 4.03. The van der Waals surface area contributed by atoms with E-state index in [9.17, 15) is 14.7 Å². The van der Waals surface area contributed by atoms with E-state index in [1.54, 1.807) is 42.5 Å². The zero-order valence-electron chi connectivity index (χ0n) is 18.8. The Morgan fingerprint density at radius 2 is 1.62 bits per heavy atom. The van der Waals surface area contributed by atoms with Crippen molar-refractivity contribution in [3.63, 3.8) is 0 Å². The summed E-state index contributed by atoms with van der Waals surface area (Å²) in [6, 6.07) is 19.9. The molecule has 1 saturated heterocycles. The number of halogens is 1. The van der Waals surface area contributed by atoms with E-state index in [-0.39, 0.29) is 11.3 Å². The largest absolute Gasteiger partial charge is 0.507 e.